The van der Waals surface area contributed by atoms with Crippen LogP contribution in [-0.2, 0) is 4.74 Å². The van der Waals surface area contributed by atoms with Gasteiger partial charge >= 0.3 is 6.03 Å². The van der Waals surface area contributed by atoms with Crippen molar-refractivity contribution in [2.24, 2.45) is 0 Å². The SMILES string of the molecule is CCCOCCCNC(=O)Nc1c(F)cccc1F. The van der Waals surface area contributed by atoms with Gasteiger partial charge in [0, 0.05) is 19.8 Å². The van der Waals surface area contributed by atoms with Crippen molar-refractivity contribution in [3.8, 4) is 0 Å². The predicted molar refractivity (Wildman–Crippen MR) is 69.1 cm³/mol. The number of nitrogens with one attached hydrogen (secondary N) is 2. The summed E-state index contributed by atoms with van der Waals surface area (Å²) in [5.41, 5.74) is -0.442. The summed E-state index contributed by atoms with van der Waals surface area (Å²) in [7, 11) is 0. The molecule has 1 rings (SSSR count). The fourth-order valence-electron chi connectivity index (χ4n) is 1.40. The van der Waals surface area contributed by atoms with E-state index >= 15 is 0 Å². The van der Waals surface area contributed by atoms with Gasteiger partial charge < -0.3 is 15.4 Å². The Hall–Kier alpha value is -1.69. The topological polar surface area (TPSA) is 50.4 Å². The molecule has 0 heterocycles. The predicted octanol–water partition coefficient (Wildman–Crippen LogP) is 2.90. The molecule has 1 aromatic rings. The van der Waals surface area contributed by atoms with Gasteiger partial charge in [-0.1, -0.05) is 13.0 Å². The number of urea groups is 1. The Morgan fingerprint density at radius 2 is 1.95 bits per heavy atom. The van der Waals surface area contributed by atoms with E-state index in [2.05, 4.69) is 10.6 Å². The molecule has 6 heteroatoms. The number of hydrogen-bond donors (Lipinski definition) is 2. The van der Waals surface area contributed by atoms with E-state index in [4.69, 9.17) is 4.74 Å². The number of carbonyl (C=O) groups excluding carboxylic acids is 1. The highest BCUT2D eigenvalue weighted by Gasteiger charge is 2.10. The van der Waals surface area contributed by atoms with E-state index in [-0.39, 0.29) is 0 Å². The minimum atomic E-state index is -0.804. The molecule has 0 fully saturated rings. The van der Waals surface area contributed by atoms with Crippen LogP contribution in [0.3, 0.4) is 0 Å². The van der Waals surface area contributed by atoms with Crippen molar-refractivity contribution >= 4 is 11.7 Å². The first-order valence-electron chi connectivity index (χ1n) is 6.21. The molecule has 0 aromatic heterocycles. The standard InChI is InChI=1S/C13H18F2N2O2/c1-2-8-19-9-4-7-16-13(18)17-12-10(14)5-3-6-11(12)15/h3,5-6H,2,4,7-9H2,1H3,(H2,16,17,18). The number of para-hydroxylation sites is 1. The number of ether oxygens (including phenoxy) is 1. The van der Waals surface area contributed by atoms with Crippen LogP contribution in [0.15, 0.2) is 18.2 Å². The Labute approximate surface area is 111 Å². The van der Waals surface area contributed by atoms with Crippen molar-refractivity contribution in [3.63, 3.8) is 0 Å². The number of rotatable bonds is 7. The lowest BCUT2D eigenvalue weighted by molar-refractivity contribution is 0.132. The van der Waals surface area contributed by atoms with Crippen LogP contribution in [0.5, 0.6) is 0 Å². The normalized spacial score (nSPS) is 10.3. The van der Waals surface area contributed by atoms with Gasteiger partial charge in [-0.2, -0.15) is 0 Å². The average Bonchev–Trinajstić information content (AvgIpc) is 2.38. The monoisotopic (exact) mass is 272 g/mol. The van der Waals surface area contributed by atoms with E-state index in [0.717, 1.165) is 18.6 Å². The van der Waals surface area contributed by atoms with Crippen LogP contribution in [0, 0.1) is 11.6 Å². The lowest BCUT2D eigenvalue weighted by Crippen LogP contribution is -2.30. The third-order valence-corrected chi connectivity index (χ3v) is 2.30. The van der Waals surface area contributed by atoms with Crippen molar-refractivity contribution in [1.82, 2.24) is 5.32 Å². The minimum Gasteiger partial charge on any atom is -0.381 e. The highest BCUT2D eigenvalue weighted by Crippen LogP contribution is 2.17. The fraction of sp³-hybridized carbons (Fsp3) is 0.462. The lowest BCUT2D eigenvalue weighted by Gasteiger charge is -2.09. The smallest absolute Gasteiger partial charge is 0.319 e. The second-order valence-electron chi connectivity index (χ2n) is 3.94. The molecule has 0 saturated heterocycles. The Morgan fingerprint density at radius 1 is 1.26 bits per heavy atom. The molecule has 0 aliphatic heterocycles. The molecule has 0 atom stereocenters. The van der Waals surface area contributed by atoms with Gasteiger partial charge in [0.1, 0.15) is 17.3 Å². The van der Waals surface area contributed by atoms with Crippen LogP contribution in [0.2, 0.25) is 0 Å². The molecule has 0 bridgehead atoms. The van der Waals surface area contributed by atoms with Crippen LogP contribution in [0.1, 0.15) is 19.8 Å². The van der Waals surface area contributed by atoms with Gasteiger partial charge in [0.05, 0.1) is 0 Å². The molecule has 0 aliphatic rings. The summed E-state index contributed by atoms with van der Waals surface area (Å²) in [6.07, 6.45) is 1.59. The summed E-state index contributed by atoms with van der Waals surface area (Å²) in [5, 5.41) is 4.64. The number of hydrogen-bond acceptors (Lipinski definition) is 2. The van der Waals surface area contributed by atoms with Crippen molar-refractivity contribution in [2.75, 3.05) is 25.1 Å². The summed E-state index contributed by atoms with van der Waals surface area (Å²) in [5.74, 6) is -1.61. The Kier molecular flexibility index (Phi) is 6.81. The van der Waals surface area contributed by atoms with Crippen molar-refractivity contribution in [2.45, 2.75) is 19.8 Å². The number of anilines is 1. The zero-order valence-electron chi connectivity index (χ0n) is 10.8. The lowest BCUT2D eigenvalue weighted by atomic mass is 10.3. The summed E-state index contributed by atoms with van der Waals surface area (Å²) in [6, 6.07) is 2.76. The fourth-order valence-corrected chi connectivity index (χ4v) is 1.40. The maximum absolute atomic E-state index is 13.2. The van der Waals surface area contributed by atoms with Gasteiger partial charge in [-0.15, -0.1) is 0 Å². The van der Waals surface area contributed by atoms with Crippen LogP contribution < -0.4 is 10.6 Å². The Bertz CT molecular complexity index is 393. The van der Waals surface area contributed by atoms with E-state index in [1.54, 1.807) is 0 Å². The number of halogens is 2. The molecule has 106 valence electrons. The van der Waals surface area contributed by atoms with Gasteiger partial charge in [-0.05, 0) is 25.0 Å². The molecule has 0 aliphatic carbocycles. The number of carbonyl (C=O) groups is 1. The quantitative estimate of drug-likeness (QED) is 0.750. The third kappa shape index (κ3) is 5.65. The van der Waals surface area contributed by atoms with Crippen molar-refractivity contribution in [1.29, 1.82) is 0 Å². The summed E-state index contributed by atoms with van der Waals surface area (Å²) >= 11 is 0. The molecule has 2 N–H and O–H groups in total. The molecular formula is C13H18F2N2O2. The molecule has 0 spiro atoms. The maximum atomic E-state index is 13.2. The van der Waals surface area contributed by atoms with E-state index < -0.39 is 23.4 Å². The highest BCUT2D eigenvalue weighted by atomic mass is 19.1. The largest absolute Gasteiger partial charge is 0.381 e. The maximum Gasteiger partial charge on any atom is 0.319 e. The zero-order valence-corrected chi connectivity index (χ0v) is 10.8. The molecule has 0 unspecified atom stereocenters. The first-order valence-corrected chi connectivity index (χ1v) is 6.21. The second-order valence-corrected chi connectivity index (χ2v) is 3.94. The summed E-state index contributed by atoms with van der Waals surface area (Å²) in [4.78, 5) is 11.4. The average molecular weight is 272 g/mol. The zero-order chi connectivity index (χ0) is 14.1. The van der Waals surface area contributed by atoms with Gasteiger partial charge in [0.15, 0.2) is 0 Å². The molecule has 2 amide bonds. The van der Waals surface area contributed by atoms with Crippen molar-refractivity contribution < 1.29 is 18.3 Å². The Morgan fingerprint density at radius 3 is 2.58 bits per heavy atom. The van der Waals surface area contributed by atoms with E-state index in [9.17, 15) is 13.6 Å². The molecule has 4 nitrogen and oxygen atoms in total. The number of benzene rings is 1. The van der Waals surface area contributed by atoms with Crippen LogP contribution in [0.25, 0.3) is 0 Å². The van der Waals surface area contributed by atoms with Gasteiger partial charge in [-0.25, -0.2) is 13.6 Å². The van der Waals surface area contributed by atoms with Gasteiger partial charge in [0.25, 0.3) is 0 Å². The third-order valence-electron chi connectivity index (χ3n) is 2.30. The minimum absolute atomic E-state index is 0.381. The summed E-state index contributed by atoms with van der Waals surface area (Å²) < 4.78 is 31.7. The van der Waals surface area contributed by atoms with Gasteiger partial charge in [-0.3, -0.25) is 0 Å². The first kappa shape index (κ1) is 15.4. The molecule has 1 aromatic carbocycles. The second kappa shape index (κ2) is 8.42. The van der Waals surface area contributed by atoms with Gasteiger partial charge in [0.2, 0.25) is 0 Å². The van der Waals surface area contributed by atoms with E-state index in [0.29, 0.717) is 26.2 Å². The highest BCUT2D eigenvalue weighted by molar-refractivity contribution is 5.89. The van der Waals surface area contributed by atoms with Crippen LogP contribution in [0.4, 0.5) is 19.3 Å². The number of amides is 2. The van der Waals surface area contributed by atoms with E-state index in [1.165, 1.54) is 6.07 Å². The van der Waals surface area contributed by atoms with E-state index in [1.807, 2.05) is 6.92 Å². The van der Waals surface area contributed by atoms with Crippen LogP contribution in [-0.4, -0.2) is 25.8 Å². The molecule has 19 heavy (non-hydrogen) atoms. The van der Waals surface area contributed by atoms with Crippen molar-refractivity contribution in [3.05, 3.63) is 29.8 Å². The van der Waals surface area contributed by atoms with Crippen LogP contribution >= 0.6 is 0 Å². The first-order chi connectivity index (χ1) is 9.15. The Balaban J connectivity index is 2.28. The molecule has 0 radical (unpaired) electrons. The molecular weight excluding hydrogens is 254 g/mol. The summed E-state index contributed by atoms with van der Waals surface area (Å²) in [6.45, 7) is 3.62. The molecule has 0 saturated carbocycles.